The first-order valence-corrected chi connectivity index (χ1v) is 13.9. The minimum Gasteiger partial charge on any atom is -0.360 e. The zero-order chi connectivity index (χ0) is 28.1. The van der Waals surface area contributed by atoms with Crippen molar-refractivity contribution in [3.63, 3.8) is 0 Å². The molecule has 1 aliphatic rings. The van der Waals surface area contributed by atoms with E-state index in [1.165, 1.54) is 0 Å². The smallest absolute Gasteiger partial charge is 0.253 e. The number of nitrogens with zero attached hydrogens (tertiary/aromatic N) is 4. The fourth-order valence-electron chi connectivity index (χ4n) is 5.01. The van der Waals surface area contributed by atoms with Gasteiger partial charge in [0.15, 0.2) is 0 Å². The molecule has 1 atom stereocenters. The summed E-state index contributed by atoms with van der Waals surface area (Å²) >= 11 is 6.49. The fraction of sp³-hybridized carbons (Fsp3) is 0.333. The predicted molar refractivity (Wildman–Crippen MR) is 160 cm³/mol. The number of piperidine rings is 1. The van der Waals surface area contributed by atoms with Crippen LogP contribution in [0.4, 0.5) is 11.6 Å². The molecule has 10 heteroatoms. The van der Waals surface area contributed by atoms with E-state index >= 15 is 0 Å². The molecule has 4 aromatic rings. The number of aromatic amines is 1. The first-order chi connectivity index (χ1) is 19.4. The molecule has 0 aliphatic carbocycles. The molecule has 3 N–H and O–H groups in total. The maximum atomic E-state index is 13.3. The van der Waals surface area contributed by atoms with Crippen LogP contribution < -0.4 is 10.6 Å². The van der Waals surface area contributed by atoms with Gasteiger partial charge in [-0.3, -0.25) is 9.59 Å². The summed E-state index contributed by atoms with van der Waals surface area (Å²) in [4.78, 5) is 41.8. The molecule has 1 fully saturated rings. The maximum Gasteiger partial charge on any atom is 0.253 e. The maximum absolute atomic E-state index is 13.3. The van der Waals surface area contributed by atoms with E-state index in [-0.39, 0.29) is 17.9 Å². The van der Waals surface area contributed by atoms with Crippen molar-refractivity contribution in [1.29, 1.82) is 0 Å². The fourth-order valence-corrected chi connectivity index (χ4v) is 5.21. The number of H-pyrrole nitrogens is 1. The van der Waals surface area contributed by atoms with Crippen molar-refractivity contribution < 1.29 is 9.59 Å². The average Bonchev–Trinajstić information content (AvgIpc) is 3.38. The zero-order valence-electron chi connectivity index (χ0n) is 22.8. The van der Waals surface area contributed by atoms with Gasteiger partial charge in [-0.05, 0) is 70.2 Å². The molecule has 2 aromatic heterocycles. The number of para-hydroxylation sites is 1. The molecule has 0 spiro atoms. The number of aromatic nitrogens is 3. The van der Waals surface area contributed by atoms with Crippen LogP contribution in [0, 0.1) is 0 Å². The van der Waals surface area contributed by atoms with Crippen molar-refractivity contribution in [3.8, 4) is 11.3 Å². The van der Waals surface area contributed by atoms with Crippen LogP contribution >= 0.6 is 11.6 Å². The molecule has 1 saturated heterocycles. The van der Waals surface area contributed by atoms with E-state index in [4.69, 9.17) is 16.6 Å². The van der Waals surface area contributed by atoms with E-state index in [0.717, 1.165) is 42.3 Å². The summed E-state index contributed by atoms with van der Waals surface area (Å²) in [5.74, 6) is 0.421. The molecular weight excluding hydrogens is 526 g/mol. The molecular formula is C30H34ClN7O2. The molecule has 0 bridgehead atoms. The Hall–Kier alpha value is -3.95. The number of rotatable bonds is 9. The van der Waals surface area contributed by atoms with Crippen LogP contribution in [0.2, 0.25) is 5.02 Å². The second-order valence-electron chi connectivity index (χ2n) is 10.4. The van der Waals surface area contributed by atoms with Gasteiger partial charge in [0, 0.05) is 59.5 Å². The third kappa shape index (κ3) is 6.60. The van der Waals surface area contributed by atoms with Gasteiger partial charge in [-0.25, -0.2) is 9.97 Å². The second kappa shape index (κ2) is 12.5. The Balaban J connectivity index is 1.20. The van der Waals surface area contributed by atoms with Crippen molar-refractivity contribution >= 4 is 46.0 Å². The Kier molecular flexibility index (Phi) is 8.62. The van der Waals surface area contributed by atoms with Gasteiger partial charge >= 0.3 is 0 Å². The average molecular weight is 560 g/mol. The standard InChI is InChI=1S/C30H34ClN7O2/c1-37(2)15-6-10-27(39)34-21-13-11-20(12-14-21)29(40)38-16-5-7-22(19-38)35-30-33-18-25(31)28(36-30)24-17-32-26-9-4-3-8-23(24)26/h3-4,8-9,11-14,17-18,22,32H,5-7,10,15-16,19H2,1-2H3,(H,34,39)(H,33,35,36)/t22-/m1/s1. The molecule has 1 aliphatic heterocycles. The summed E-state index contributed by atoms with van der Waals surface area (Å²) < 4.78 is 0. The van der Waals surface area contributed by atoms with Gasteiger partial charge in [-0.15, -0.1) is 0 Å². The Bertz CT molecular complexity index is 1490. The number of halogens is 1. The summed E-state index contributed by atoms with van der Waals surface area (Å²) in [5, 5.41) is 7.84. The molecule has 9 nitrogen and oxygen atoms in total. The lowest BCUT2D eigenvalue weighted by Crippen LogP contribution is -2.45. The quantitative estimate of drug-likeness (QED) is 0.258. The SMILES string of the molecule is CN(C)CCCC(=O)Nc1ccc(C(=O)N2CCC[C@@H](Nc3ncc(Cl)c(-c4c[nH]c5ccccc45)n3)C2)cc1. The molecule has 2 aromatic carbocycles. The summed E-state index contributed by atoms with van der Waals surface area (Å²) in [5.41, 5.74) is 3.87. The van der Waals surface area contributed by atoms with Crippen LogP contribution in [-0.4, -0.2) is 76.3 Å². The molecule has 40 heavy (non-hydrogen) atoms. The topological polar surface area (TPSA) is 106 Å². The van der Waals surface area contributed by atoms with E-state index in [2.05, 4.69) is 25.5 Å². The van der Waals surface area contributed by atoms with Gasteiger partial charge < -0.3 is 25.4 Å². The van der Waals surface area contributed by atoms with E-state index in [0.29, 0.717) is 47.4 Å². The van der Waals surface area contributed by atoms with Gasteiger partial charge in [0.05, 0.1) is 16.9 Å². The van der Waals surface area contributed by atoms with E-state index in [1.807, 2.05) is 49.5 Å². The largest absolute Gasteiger partial charge is 0.360 e. The third-order valence-corrected chi connectivity index (χ3v) is 7.33. The Morgan fingerprint density at radius 3 is 2.75 bits per heavy atom. The van der Waals surface area contributed by atoms with Crippen molar-refractivity contribution in [1.82, 2.24) is 24.8 Å². The molecule has 2 amide bonds. The van der Waals surface area contributed by atoms with Gasteiger partial charge in [0.25, 0.3) is 5.91 Å². The Morgan fingerprint density at radius 2 is 1.95 bits per heavy atom. The Morgan fingerprint density at radius 1 is 1.15 bits per heavy atom. The van der Waals surface area contributed by atoms with Crippen LogP contribution in [0.1, 0.15) is 36.0 Å². The highest BCUT2D eigenvalue weighted by atomic mass is 35.5. The number of hydrogen-bond acceptors (Lipinski definition) is 6. The van der Waals surface area contributed by atoms with Gasteiger partial charge in [0.1, 0.15) is 0 Å². The summed E-state index contributed by atoms with van der Waals surface area (Å²) in [6.45, 7) is 2.09. The lowest BCUT2D eigenvalue weighted by atomic mass is 10.0. The number of benzene rings is 2. The number of fused-ring (bicyclic) bond motifs is 1. The summed E-state index contributed by atoms with van der Waals surface area (Å²) in [7, 11) is 3.98. The number of amides is 2. The number of hydrogen-bond donors (Lipinski definition) is 3. The first-order valence-electron chi connectivity index (χ1n) is 13.6. The van der Waals surface area contributed by atoms with Gasteiger partial charge in [-0.1, -0.05) is 29.8 Å². The van der Waals surface area contributed by atoms with E-state index < -0.39 is 0 Å². The number of nitrogens with one attached hydrogen (secondary N) is 3. The molecule has 0 radical (unpaired) electrons. The summed E-state index contributed by atoms with van der Waals surface area (Å²) in [6.07, 6.45) is 6.55. The minimum atomic E-state index is -0.0353. The molecule has 0 unspecified atom stereocenters. The van der Waals surface area contributed by atoms with Crippen LogP contribution in [-0.2, 0) is 4.79 Å². The molecule has 0 saturated carbocycles. The monoisotopic (exact) mass is 559 g/mol. The van der Waals surface area contributed by atoms with E-state index in [9.17, 15) is 9.59 Å². The second-order valence-corrected chi connectivity index (χ2v) is 10.8. The molecule has 208 valence electrons. The minimum absolute atomic E-state index is 0.00965. The summed E-state index contributed by atoms with van der Waals surface area (Å²) in [6, 6.07) is 15.1. The van der Waals surface area contributed by atoms with Crippen LogP contribution in [0.5, 0.6) is 0 Å². The molecule has 3 heterocycles. The molecule has 5 rings (SSSR count). The highest BCUT2D eigenvalue weighted by Gasteiger charge is 2.25. The highest BCUT2D eigenvalue weighted by molar-refractivity contribution is 6.33. The highest BCUT2D eigenvalue weighted by Crippen LogP contribution is 2.32. The van der Waals surface area contributed by atoms with Gasteiger partial charge in [0.2, 0.25) is 11.9 Å². The lowest BCUT2D eigenvalue weighted by Gasteiger charge is -2.33. The lowest BCUT2D eigenvalue weighted by molar-refractivity contribution is -0.116. The number of likely N-dealkylation sites (tertiary alicyclic amines) is 1. The van der Waals surface area contributed by atoms with Crippen molar-refractivity contribution in [2.45, 2.75) is 31.7 Å². The van der Waals surface area contributed by atoms with Gasteiger partial charge in [-0.2, -0.15) is 0 Å². The van der Waals surface area contributed by atoms with E-state index in [1.54, 1.807) is 30.5 Å². The number of anilines is 2. The van der Waals surface area contributed by atoms with Crippen LogP contribution in [0.3, 0.4) is 0 Å². The van der Waals surface area contributed by atoms with Crippen LogP contribution in [0.25, 0.3) is 22.2 Å². The third-order valence-electron chi connectivity index (χ3n) is 7.06. The number of carbonyl (C=O) groups is 2. The van der Waals surface area contributed by atoms with Crippen molar-refractivity contribution in [2.24, 2.45) is 0 Å². The normalized spacial score (nSPS) is 15.4. The predicted octanol–water partition coefficient (Wildman–Crippen LogP) is 5.28. The number of carbonyl (C=O) groups excluding carboxylic acids is 2. The van der Waals surface area contributed by atoms with Crippen LogP contribution in [0.15, 0.2) is 60.9 Å². The first kappa shape index (κ1) is 27.6. The zero-order valence-corrected chi connectivity index (χ0v) is 23.5. The van der Waals surface area contributed by atoms with Crippen molar-refractivity contribution in [3.05, 3.63) is 71.5 Å². The Labute approximate surface area is 238 Å². The van der Waals surface area contributed by atoms with Crippen molar-refractivity contribution in [2.75, 3.05) is 44.4 Å².